The molecule has 2 N–H and O–H groups in total. The highest BCUT2D eigenvalue weighted by Gasteiger charge is 2.02. The van der Waals surface area contributed by atoms with Gasteiger partial charge in [-0.25, -0.2) is 0 Å². The minimum atomic E-state index is 0.150. The Labute approximate surface area is 93.7 Å². The maximum absolute atomic E-state index is 4.93. The predicted molar refractivity (Wildman–Crippen MR) is 67.6 cm³/mol. The third kappa shape index (κ3) is 3.93. The molecular formula is C9H13N3S2. The van der Waals surface area contributed by atoms with Gasteiger partial charge in [0, 0.05) is 5.70 Å². The van der Waals surface area contributed by atoms with Crippen LogP contribution in [0.5, 0.6) is 0 Å². The molecule has 0 amide bonds. The number of thiocarbonyl (C=S) groups is 1. The molecular weight excluding hydrogens is 214 g/mol. The van der Waals surface area contributed by atoms with Crippen LogP contribution in [0.3, 0.4) is 0 Å². The maximum Gasteiger partial charge on any atom is 0.153 e. The Hall–Kier alpha value is -0.810. The standard InChI is InChI=1S/C9H13N3S2/c1-7-4-3-5-8(11-7)6-10-12-9(13)14-2/h3-6,8,11H,1-2H3,(H,12,13)/b10-6+. The van der Waals surface area contributed by atoms with Crippen molar-refractivity contribution < 1.29 is 0 Å². The van der Waals surface area contributed by atoms with Crippen LogP contribution < -0.4 is 10.7 Å². The zero-order chi connectivity index (χ0) is 10.4. The lowest BCUT2D eigenvalue weighted by Gasteiger charge is -2.14. The van der Waals surface area contributed by atoms with E-state index in [1.54, 1.807) is 6.21 Å². The Kier molecular flexibility index (Phi) is 4.69. The molecule has 0 aliphatic carbocycles. The summed E-state index contributed by atoms with van der Waals surface area (Å²) in [4.78, 5) is 0. The molecule has 0 saturated heterocycles. The average molecular weight is 227 g/mol. The number of nitrogens with one attached hydrogen (secondary N) is 2. The highest BCUT2D eigenvalue weighted by atomic mass is 32.2. The molecule has 1 heterocycles. The van der Waals surface area contributed by atoms with Gasteiger partial charge >= 0.3 is 0 Å². The summed E-state index contributed by atoms with van der Waals surface area (Å²) >= 11 is 6.40. The van der Waals surface area contributed by atoms with Gasteiger partial charge in [-0.3, -0.25) is 5.43 Å². The van der Waals surface area contributed by atoms with Crippen molar-refractivity contribution in [3.8, 4) is 0 Å². The number of allylic oxidation sites excluding steroid dienone is 3. The number of hydrazone groups is 1. The molecule has 1 atom stereocenters. The Morgan fingerprint density at radius 3 is 3.21 bits per heavy atom. The van der Waals surface area contributed by atoms with Crippen LogP contribution in [0.1, 0.15) is 6.92 Å². The summed E-state index contributed by atoms with van der Waals surface area (Å²) in [5, 5.41) is 7.27. The van der Waals surface area contributed by atoms with E-state index in [1.165, 1.54) is 11.8 Å². The molecule has 0 radical (unpaired) electrons. The minimum Gasteiger partial charge on any atom is -0.377 e. The fourth-order valence-corrected chi connectivity index (χ4v) is 1.18. The fraction of sp³-hybridized carbons (Fsp3) is 0.333. The zero-order valence-corrected chi connectivity index (χ0v) is 9.78. The van der Waals surface area contributed by atoms with Crippen molar-refractivity contribution in [1.29, 1.82) is 0 Å². The molecule has 76 valence electrons. The molecule has 0 bridgehead atoms. The monoisotopic (exact) mass is 227 g/mol. The van der Waals surface area contributed by atoms with Gasteiger partial charge in [0.05, 0.1) is 12.3 Å². The summed E-state index contributed by atoms with van der Waals surface area (Å²) in [6.07, 6.45) is 9.76. The van der Waals surface area contributed by atoms with Crippen molar-refractivity contribution in [1.82, 2.24) is 10.7 Å². The SMILES string of the molecule is CSC(=S)N/N=C/C1C=CC=C(C)N1. The smallest absolute Gasteiger partial charge is 0.153 e. The van der Waals surface area contributed by atoms with Gasteiger partial charge in [0.2, 0.25) is 0 Å². The second-order valence-corrected chi connectivity index (χ2v) is 4.27. The Morgan fingerprint density at radius 2 is 2.57 bits per heavy atom. The number of hydrogen-bond donors (Lipinski definition) is 2. The second kappa shape index (κ2) is 5.82. The normalized spacial score (nSPS) is 20.4. The molecule has 0 aromatic carbocycles. The van der Waals surface area contributed by atoms with Crippen LogP contribution >= 0.6 is 24.0 Å². The quantitative estimate of drug-likeness (QED) is 0.427. The third-order valence-electron chi connectivity index (χ3n) is 1.64. The summed E-state index contributed by atoms with van der Waals surface area (Å²) in [5.74, 6) is 0. The van der Waals surface area contributed by atoms with Crippen LogP contribution in [0.15, 0.2) is 29.0 Å². The molecule has 0 aromatic rings. The number of rotatable bonds is 2. The molecule has 5 heteroatoms. The highest BCUT2D eigenvalue weighted by Crippen LogP contribution is 1.99. The first kappa shape index (κ1) is 11.3. The summed E-state index contributed by atoms with van der Waals surface area (Å²) in [6.45, 7) is 2.02. The average Bonchev–Trinajstić information content (AvgIpc) is 2.17. The van der Waals surface area contributed by atoms with Crippen LogP contribution in [0, 0.1) is 0 Å². The number of hydrogen-bond acceptors (Lipinski definition) is 4. The molecule has 1 unspecified atom stereocenters. The van der Waals surface area contributed by atoms with E-state index in [0.29, 0.717) is 4.32 Å². The summed E-state index contributed by atoms with van der Waals surface area (Å²) < 4.78 is 0.674. The first-order valence-corrected chi connectivity index (χ1v) is 5.84. The molecule has 1 aliphatic rings. The summed E-state index contributed by atoms with van der Waals surface area (Å²) in [7, 11) is 0. The zero-order valence-electron chi connectivity index (χ0n) is 8.15. The molecule has 0 saturated carbocycles. The fourth-order valence-electron chi connectivity index (χ4n) is 0.982. The Balaban J connectivity index is 2.35. The van der Waals surface area contributed by atoms with E-state index < -0.39 is 0 Å². The lowest BCUT2D eigenvalue weighted by molar-refractivity contribution is 0.810. The summed E-state index contributed by atoms with van der Waals surface area (Å²) in [5.41, 5.74) is 3.90. The molecule has 0 aromatic heterocycles. The largest absolute Gasteiger partial charge is 0.377 e. The molecule has 14 heavy (non-hydrogen) atoms. The minimum absolute atomic E-state index is 0.150. The van der Waals surface area contributed by atoms with Gasteiger partial charge < -0.3 is 5.32 Å². The lowest BCUT2D eigenvalue weighted by Crippen LogP contribution is -2.29. The molecule has 0 fully saturated rings. The van der Waals surface area contributed by atoms with Crippen LogP contribution in [0.2, 0.25) is 0 Å². The van der Waals surface area contributed by atoms with E-state index in [9.17, 15) is 0 Å². The van der Waals surface area contributed by atoms with Gasteiger partial charge in [0.15, 0.2) is 4.32 Å². The number of nitrogens with zero attached hydrogens (tertiary/aromatic N) is 1. The van der Waals surface area contributed by atoms with E-state index in [1.807, 2.05) is 31.4 Å². The van der Waals surface area contributed by atoms with E-state index >= 15 is 0 Å². The van der Waals surface area contributed by atoms with Crippen molar-refractivity contribution in [2.75, 3.05) is 6.26 Å². The van der Waals surface area contributed by atoms with Crippen molar-refractivity contribution in [3.63, 3.8) is 0 Å². The van der Waals surface area contributed by atoms with Crippen molar-refractivity contribution in [2.45, 2.75) is 13.0 Å². The molecule has 1 rings (SSSR count). The van der Waals surface area contributed by atoms with Crippen molar-refractivity contribution in [2.24, 2.45) is 5.10 Å². The van der Waals surface area contributed by atoms with Crippen LogP contribution in [0.25, 0.3) is 0 Å². The molecule has 1 aliphatic heterocycles. The van der Waals surface area contributed by atoms with Crippen LogP contribution in [-0.4, -0.2) is 22.8 Å². The predicted octanol–water partition coefficient (Wildman–Crippen LogP) is 1.64. The van der Waals surface area contributed by atoms with E-state index in [0.717, 1.165) is 5.70 Å². The van der Waals surface area contributed by atoms with E-state index in [4.69, 9.17) is 12.2 Å². The van der Waals surface area contributed by atoms with Gasteiger partial charge in [-0.2, -0.15) is 5.10 Å². The molecule has 0 spiro atoms. The van der Waals surface area contributed by atoms with Crippen molar-refractivity contribution in [3.05, 3.63) is 23.9 Å². The van der Waals surface area contributed by atoms with Crippen LogP contribution in [-0.2, 0) is 0 Å². The van der Waals surface area contributed by atoms with Crippen molar-refractivity contribution >= 4 is 34.5 Å². The third-order valence-corrected chi connectivity index (χ3v) is 2.69. The topological polar surface area (TPSA) is 36.4 Å². The molecule has 3 nitrogen and oxygen atoms in total. The lowest BCUT2D eigenvalue weighted by atomic mass is 10.2. The summed E-state index contributed by atoms with van der Waals surface area (Å²) in [6, 6.07) is 0.150. The van der Waals surface area contributed by atoms with Gasteiger partial charge in [0.1, 0.15) is 0 Å². The van der Waals surface area contributed by atoms with Gasteiger partial charge in [0.25, 0.3) is 0 Å². The van der Waals surface area contributed by atoms with Crippen LogP contribution in [0.4, 0.5) is 0 Å². The number of dihydropyridines is 1. The van der Waals surface area contributed by atoms with Gasteiger partial charge in [-0.1, -0.05) is 36.1 Å². The number of thioether (sulfide) groups is 1. The van der Waals surface area contributed by atoms with Gasteiger partial charge in [-0.15, -0.1) is 0 Å². The first-order valence-electron chi connectivity index (χ1n) is 4.21. The second-order valence-electron chi connectivity index (χ2n) is 2.79. The van der Waals surface area contributed by atoms with E-state index in [2.05, 4.69) is 15.8 Å². The van der Waals surface area contributed by atoms with Gasteiger partial charge in [-0.05, 0) is 19.3 Å². The maximum atomic E-state index is 4.93. The van der Waals surface area contributed by atoms with E-state index in [-0.39, 0.29) is 6.04 Å². The first-order chi connectivity index (χ1) is 6.72. The highest BCUT2D eigenvalue weighted by molar-refractivity contribution is 8.22. The Morgan fingerprint density at radius 1 is 1.79 bits per heavy atom. The Bertz CT molecular complexity index is 294.